The summed E-state index contributed by atoms with van der Waals surface area (Å²) in [5.74, 6) is 2.24. The van der Waals surface area contributed by atoms with Crippen LogP contribution in [0.3, 0.4) is 0 Å². The van der Waals surface area contributed by atoms with Crippen molar-refractivity contribution in [2.45, 2.75) is 84.5 Å². The molecule has 6 rings (SSSR count). The van der Waals surface area contributed by atoms with Gasteiger partial charge in [-0.3, -0.25) is 13.8 Å². The molecular weight excluding hydrogens is 575 g/mol. The average molecular weight is 619 g/mol. The summed E-state index contributed by atoms with van der Waals surface area (Å²) in [6.45, 7) is 5.85. The van der Waals surface area contributed by atoms with Crippen molar-refractivity contribution in [3.63, 3.8) is 0 Å². The summed E-state index contributed by atoms with van der Waals surface area (Å²) in [6.07, 6.45) is 6.41. The molecule has 0 bridgehead atoms. The lowest BCUT2D eigenvalue weighted by Gasteiger charge is -2.50. The quantitative estimate of drug-likeness (QED) is 0.121. The van der Waals surface area contributed by atoms with Crippen LogP contribution in [0.25, 0.3) is 0 Å². The van der Waals surface area contributed by atoms with Gasteiger partial charge in [0.1, 0.15) is 11.9 Å². The molecule has 3 aromatic rings. The zero-order valence-corrected chi connectivity index (χ0v) is 26.8. The van der Waals surface area contributed by atoms with Crippen molar-refractivity contribution in [3.8, 4) is 5.75 Å². The molecule has 2 saturated carbocycles. The van der Waals surface area contributed by atoms with Gasteiger partial charge in [0.25, 0.3) is 0 Å². The number of carbonyl (C=O) groups is 1. The molecule has 7 nitrogen and oxygen atoms in total. The molecule has 0 spiro atoms. The maximum atomic E-state index is 13.6. The third-order valence-electron chi connectivity index (χ3n) is 10.1. The molecule has 3 aliphatic carbocycles. The van der Waals surface area contributed by atoms with Crippen LogP contribution in [0.4, 0.5) is 0 Å². The van der Waals surface area contributed by atoms with Crippen LogP contribution in [-0.4, -0.2) is 18.9 Å². The molecule has 0 amide bonds. The highest BCUT2D eigenvalue weighted by molar-refractivity contribution is 7.48. The van der Waals surface area contributed by atoms with Gasteiger partial charge in [-0.2, -0.15) is 0 Å². The van der Waals surface area contributed by atoms with E-state index < -0.39 is 7.82 Å². The molecule has 0 saturated heterocycles. The third-order valence-corrected chi connectivity index (χ3v) is 11.4. The summed E-state index contributed by atoms with van der Waals surface area (Å²) in [5, 5.41) is 0. The number of phosphoric acid groups is 1. The molecule has 0 radical (unpaired) electrons. The lowest BCUT2D eigenvalue weighted by atomic mass is 9.55. The first kappa shape index (κ1) is 31.0. The summed E-state index contributed by atoms with van der Waals surface area (Å²) < 4.78 is 42.7. The Balaban J connectivity index is 1.12. The summed E-state index contributed by atoms with van der Waals surface area (Å²) in [5.41, 5.74) is 5.57. The second-order valence-electron chi connectivity index (χ2n) is 12.8. The number of benzene rings is 3. The highest BCUT2D eigenvalue weighted by Crippen LogP contribution is 2.62. The zero-order chi connectivity index (χ0) is 30.7. The molecular formula is C36H43O7P. The molecule has 0 aromatic heterocycles. The largest absolute Gasteiger partial charge is 0.478 e. The van der Waals surface area contributed by atoms with Crippen molar-refractivity contribution < 1.29 is 32.4 Å². The maximum absolute atomic E-state index is 13.6. The van der Waals surface area contributed by atoms with E-state index in [9.17, 15) is 9.36 Å². The van der Waals surface area contributed by atoms with Crippen molar-refractivity contribution in [1.82, 2.24) is 0 Å². The Hall–Kier alpha value is -2.96. The highest BCUT2D eigenvalue weighted by atomic mass is 31.2. The van der Waals surface area contributed by atoms with Crippen LogP contribution in [0.15, 0.2) is 72.8 Å². The van der Waals surface area contributed by atoms with Gasteiger partial charge in [-0.1, -0.05) is 73.7 Å². The van der Waals surface area contributed by atoms with E-state index in [1.54, 1.807) is 0 Å². The fraction of sp³-hybridized carbons (Fsp3) is 0.472. The Kier molecular flexibility index (Phi) is 9.30. The number of ether oxygens (including phenoxy) is 2. The van der Waals surface area contributed by atoms with E-state index in [2.05, 4.69) is 26.0 Å². The van der Waals surface area contributed by atoms with Crippen molar-refractivity contribution in [2.24, 2.45) is 17.3 Å². The maximum Gasteiger partial charge on any atom is 0.478 e. The zero-order valence-electron chi connectivity index (χ0n) is 25.9. The van der Waals surface area contributed by atoms with Gasteiger partial charge in [0, 0.05) is 12.3 Å². The van der Waals surface area contributed by atoms with E-state index in [4.69, 9.17) is 23.0 Å². The standard InChI is InChI=1S/C36H43O7P/c1-25-20-32-29(14-15-31-30(32)18-19-36(3)33(31)16-17-35(36)43-26(2)37)21-34(25)39-24-42-44(38,40-22-27-10-6-4-7-11-27)41-23-28-12-8-5-9-13-28/h4-13,20-21,30-31,33,35H,14-19,22-24H2,1-3H3/t30?,31-,33?,35+,36+/m1/s1. The van der Waals surface area contributed by atoms with E-state index in [0.29, 0.717) is 17.8 Å². The van der Waals surface area contributed by atoms with Crippen LogP contribution in [-0.2, 0) is 47.3 Å². The lowest BCUT2D eigenvalue weighted by molar-refractivity contribution is -0.154. The van der Waals surface area contributed by atoms with Crippen LogP contribution >= 0.6 is 7.82 Å². The van der Waals surface area contributed by atoms with Crippen LogP contribution < -0.4 is 4.74 Å². The molecule has 0 N–H and O–H groups in total. The normalized spacial score (nSPS) is 25.9. The monoisotopic (exact) mass is 618 g/mol. The van der Waals surface area contributed by atoms with Gasteiger partial charge in [0.2, 0.25) is 0 Å². The number of carbonyl (C=O) groups excluding carboxylic acids is 1. The van der Waals surface area contributed by atoms with Gasteiger partial charge in [0.05, 0.1) is 13.2 Å². The third kappa shape index (κ3) is 6.67. The number of aryl methyl sites for hydroxylation is 2. The van der Waals surface area contributed by atoms with Gasteiger partial charge in [-0.05, 0) is 97.1 Å². The predicted octanol–water partition coefficient (Wildman–Crippen LogP) is 8.68. The Labute approximate surface area is 260 Å². The molecule has 5 atom stereocenters. The van der Waals surface area contributed by atoms with E-state index in [-0.39, 0.29) is 37.5 Å². The minimum atomic E-state index is -3.93. The molecule has 234 valence electrons. The Morgan fingerprint density at radius 2 is 1.55 bits per heavy atom. The number of hydrogen-bond donors (Lipinski definition) is 0. The molecule has 3 aliphatic rings. The van der Waals surface area contributed by atoms with Crippen LogP contribution in [0, 0.1) is 24.2 Å². The van der Waals surface area contributed by atoms with E-state index >= 15 is 0 Å². The summed E-state index contributed by atoms with van der Waals surface area (Å²) in [4.78, 5) is 11.8. The molecule has 44 heavy (non-hydrogen) atoms. The summed E-state index contributed by atoms with van der Waals surface area (Å²) in [6, 6.07) is 23.5. The van der Waals surface area contributed by atoms with Gasteiger partial charge >= 0.3 is 13.8 Å². The topological polar surface area (TPSA) is 80.3 Å². The van der Waals surface area contributed by atoms with Crippen LogP contribution in [0.2, 0.25) is 0 Å². The minimum absolute atomic E-state index is 0.0363. The minimum Gasteiger partial charge on any atom is -0.467 e. The van der Waals surface area contributed by atoms with E-state index in [1.165, 1.54) is 18.1 Å². The Bertz CT molecular complexity index is 1450. The molecule has 3 aromatic carbocycles. The fourth-order valence-corrected chi connectivity index (χ4v) is 8.96. The van der Waals surface area contributed by atoms with Crippen LogP contribution in [0.1, 0.15) is 79.7 Å². The number of phosphoric ester groups is 1. The first-order valence-corrected chi connectivity index (χ1v) is 17.2. The first-order valence-electron chi connectivity index (χ1n) is 15.8. The Morgan fingerprint density at radius 3 is 2.18 bits per heavy atom. The van der Waals surface area contributed by atoms with Gasteiger partial charge in [-0.15, -0.1) is 0 Å². The molecule has 2 fully saturated rings. The number of hydrogen-bond acceptors (Lipinski definition) is 7. The Morgan fingerprint density at radius 1 is 0.886 bits per heavy atom. The van der Waals surface area contributed by atoms with E-state index in [0.717, 1.165) is 61.0 Å². The number of rotatable bonds is 11. The fourth-order valence-electron chi connectivity index (χ4n) is 7.94. The number of fused-ring (bicyclic) bond motifs is 5. The summed E-state index contributed by atoms with van der Waals surface area (Å²) in [7, 11) is -3.93. The van der Waals surface area contributed by atoms with Crippen LogP contribution in [0.5, 0.6) is 5.75 Å². The smallest absolute Gasteiger partial charge is 0.467 e. The lowest BCUT2D eigenvalue weighted by Crippen LogP contribution is -2.45. The first-order chi connectivity index (χ1) is 21.2. The molecule has 2 unspecified atom stereocenters. The second-order valence-corrected chi connectivity index (χ2v) is 14.5. The van der Waals surface area contributed by atoms with Crippen molar-refractivity contribution in [2.75, 3.05) is 6.79 Å². The van der Waals surface area contributed by atoms with Crippen molar-refractivity contribution in [3.05, 3.63) is 101 Å². The molecule has 0 aliphatic heterocycles. The molecule has 8 heteroatoms. The van der Waals surface area contributed by atoms with Gasteiger partial charge < -0.3 is 9.47 Å². The van der Waals surface area contributed by atoms with Crippen molar-refractivity contribution >= 4 is 13.8 Å². The van der Waals surface area contributed by atoms with Crippen molar-refractivity contribution in [1.29, 1.82) is 0 Å². The van der Waals surface area contributed by atoms with E-state index in [1.807, 2.05) is 60.7 Å². The molecule has 0 heterocycles. The number of esters is 1. The second kappa shape index (κ2) is 13.2. The van der Waals surface area contributed by atoms with Gasteiger partial charge in [0.15, 0.2) is 6.79 Å². The average Bonchev–Trinajstić information content (AvgIpc) is 3.35. The summed E-state index contributed by atoms with van der Waals surface area (Å²) >= 11 is 0. The predicted molar refractivity (Wildman–Crippen MR) is 168 cm³/mol. The van der Waals surface area contributed by atoms with Gasteiger partial charge in [-0.25, -0.2) is 9.09 Å². The highest BCUT2D eigenvalue weighted by Gasteiger charge is 2.56. The SMILES string of the molecule is CC(=O)O[C@H]1CCC2[C@@H]3CCc4cc(OCOP(=O)(OCc5ccccc5)OCc5ccccc5)c(C)cc4C3CC[C@@]21C.